The number of fused-ring (bicyclic) bond motifs is 1. The Bertz CT molecular complexity index is 1130. The van der Waals surface area contributed by atoms with E-state index in [9.17, 15) is 5.11 Å². The first-order chi connectivity index (χ1) is 18.1. The molecule has 0 aromatic heterocycles. The van der Waals surface area contributed by atoms with Crippen LogP contribution in [0.4, 0.5) is 5.69 Å². The monoisotopic (exact) mass is 500 g/mol. The Kier molecular flexibility index (Phi) is 9.90. The maximum Gasteiger partial charge on any atom is 0.120 e. The molecule has 0 saturated heterocycles. The highest BCUT2D eigenvalue weighted by Crippen LogP contribution is 2.38. The van der Waals surface area contributed by atoms with Crippen molar-refractivity contribution >= 4 is 5.69 Å². The minimum atomic E-state index is 0.369. The summed E-state index contributed by atoms with van der Waals surface area (Å²) in [5, 5.41) is 13.6. The summed E-state index contributed by atoms with van der Waals surface area (Å²) in [6, 6.07) is 21.5. The molecule has 1 unspecified atom stereocenters. The molecular weight excluding hydrogens is 456 g/mol. The quantitative estimate of drug-likeness (QED) is 0.248. The van der Waals surface area contributed by atoms with Gasteiger partial charge in [-0.05, 0) is 110 Å². The van der Waals surface area contributed by atoms with Crippen LogP contribution in [0.25, 0.3) is 0 Å². The SMILES string of the molecule is CCCCN(C)CCc1ccc(CCCNc2cc(OC)ccc2C2CCc3cc(O)ccc3C2)cc1. The zero-order valence-electron chi connectivity index (χ0n) is 22.9. The fourth-order valence-electron chi connectivity index (χ4n) is 5.43. The molecule has 4 heteroatoms. The molecule has 0 amide bonds. The molecule has 3 aromatic rings. The predicted octanol–water partition coefficient (Wildman–Crippen LogP) is 6.99. The lowest BCUT2D eigenvalue weighted by molar-refractivity contribution is 0.332. The summed E-state index contributed by atoms with van der Waals surface area (Å²) in [7, 11) is 3.96. The number of hydrogen-bond donors (Lipinski definition) is 2. The van der Waals surface area contributed by atoms with Gasteiger partial charge in [0.05, 0.1) is 7.11 Å². The fourth-order valence-corrected chi connectivity index (χ4v) is 5.43. The first kappa shape index (κ1) is 27.1. The van der Waals surface area contributed by atoms with Gasteiger partial charge in [0.2, 0.25) is 0 Å². The van der Waals surface area contributed by atoms with Gasteiger partial charge in [0.25, 0.3) is 0 Å². The molecule has 1 aliphatic carbocycles. The van der Waals surface area contributed by atoms with Gasteiger partial charge in [0, 0.05) is 24.8 Å². The molecule has 1 atom stereocenters. The van der Waals surface area contributed by atoms with Crippen molar-refractivity contribution in [3.8, 4) is 11.5 Å². The molecule has 0 bridgehead atoms. The lowest BCUT2D eigenvalue weighted by atomic mass is 9.79. The smallest absolute Gasteiger partial charge is 0.120 e. The van der Waals surface area contributed by atoms with E-state index in [1.54, 1.807) is 7.11 Å². The van der Waals surface area contributed by atoms with Gasteiger partial charge in [-0.15, -0.1) is 0 Å². The van der Waals surface area contributed by atoms with Gasteiger partial charge in [0.15, 0.2) is 0 Å². The summed E-state index contributed by atoms with van der Waals surface area (Å²) < 4.78 is 5.54. The van der Waals surface area contributed by atoms with Crippen LogP contribution < -0.4 is 10.1 Å². The Morgan fingerprint density at radius 3 is 2.46 bits per heavy atom. The highest BCUT2D eigenvalue weighted by molar-refractivity contribution is 5.57. The summed E-state index contributed by atoms with van der Waals surface area (Å²) in [6.07, 6.45) is 8.93. The Morgan fingerprint density at radius 2 is 1.70 bits per heavy atom. The van der Waals surface area contributed by atoms with Crippen LogP contribution in [0.15, 0.2) is 60.7 Å². The molecule has 37 heavy (non-hydrogen) atoms. The van der Waals surface area contributed by atoms with Crippen LogP contribution in [0.2, 0.25) is 0 Å². The van der Waals surface area contributed by atoms with Crippen LogP contribution in [-0.2, 0) is 25.7 Å². The van der Waals surface area contributed by atoms with Gasteiger partial charge >= 0.3 is 0 Å². The fraction of sp³-hybridized carbons (Fsp3) is 0.455. The third kappa shape index (κ3) is 7.75. The maximum absolute atomic E-state index is 9.83. The van der Waals surface area contributed by atoms with E-state index >= 15 is 0 Å². The number of nitrogens with one attached hydrogen (secondary N) is 1. The number of benzene rings is 3. The van der Waals surface area contributed by atoms with Crippen molar-refractivity contribution in [1.29, 1.82) is 0 Å². The third-order valence-electron chi connectivity index (χ3n) is 7.77. The lowest BCUT2D eigenvalue weighted by Crippen LogP contribution is -2.22. The van der Waals surface area contributed by atoms with E-state index < -0.39 is 0 Å². The van der Waals surface area contributed by atoms with Crippen LogP contribution in [-0.4, -0.2) is 43.8 Å². The summed E-state index contributed by atoms with van der Waals surface area (Å²) >= 11 is 0. The van der Waals surface area contributed by atoms with Crippen molar-refractivity contribution in [1.82, 2.24) is 4.90 Å². The second-order valence-corrected chi connectivity index (χ2v) is 10.6. The van der Waals surface area contributed by atoms with E-state index in [0.717, 1.165) is 57.4 Å². The van der Waals surface area contributed by atoms with Crippen LogP contribution in [0.1, 0.15) is 66.3 Å². The molecule has 4 nitrogen and oxygen atoms in total. The standard InChI is InChI=1S/C33H44N2O2/c1-4-5-20-35(2)21-18-26-10-8-25(9-11-26)7-6-19-34-33-24-31(37-3)16-17-32(33)29-13-12-28-23-30(36)15-14-27(28)22-29/h8-11,14-17,23-24,29,34,36H,4-7,12-13,18-22H2,1-3H3. The molecule has 3 aromatic carbocycles. The number of phenols is 1. The van der Waals surface area contributed by atoms with Crippen LogP contribution in [0.3, 0.4) is 0 Å². The molecule has 4 rings (SSSR count). The van der Waals surface area contributed by atoms with Gasteiger partial charge in [0.1, 0.15) is 11.5 Å². The number of methoxy groups -OCH3 is 1. The van der Waals surface area contributed by atoms with Gasteiger partial charge in [-0.3, -0.25) is 0 Å². The first-order valence-corrected chi connectivity index (χ1v) is 14.0. The van der Waals surface area contributed by atoms with E-state index in [4.69, 9.17) is 4.74 Å². The molecule has 0 spiro atoms. The molecular formula is C33H44N2O2. The Balaban J connectivity index is 1.30. The number of hydrogen-bond acceptors (Lipinski definition) is 4. The molecule has 0 radical (unpaired) electrons. The van der Waals surface area contributed by atoms with Gasteiger partial charge in [-0.25, -0.2) is 0 Å². The zero-order valence-corrected chi connectivity index (χ0v) is 22.9. The number of unbranched alkanes of at least 4 members (excludes halogenated alkanes) is 1. The predicted molar refractivity (Wildman–Crippen MR) is 155 cm³/mol. The normalized spacial score (nSPS) is 15.0. The second kappa shape index (κ2) is 13.5. The molecule has 0 aliphatic heterocycles. The number of aryl methyl sites for hydroxylation is 2. The number of phenolic OH excluding ortho intramolecular Hbond substituents is 1. The number of anilines is 1. The van der Waals surface area contributed by atoms with Crippen molar-refractivity contribution in [3.05, 3.63) is 88.5 Å². The number of nitrogens with zero attached hydrogens (tertiary/aromatic N) is 1. The first-order valence-electron chi connectivity index (χ1n) is 14.0. The minimum Gasteiger partial charge on any atom is -0.508 e. The summed E-state index contributed by atoms with van der Waals surface area (Å²) in [5.41, 5.74) is 8.03. The third-order valence-corrected chi connectivity index (χ3v) is 7.77. The van der Waals surface area contributed by atoms with Crippen molar-refractivity contribution < 1.29 is 9.84 Å². The highest BCUT2D eigenvalue weighted by atomic mass is 16.5. The van der Waals surface area contributed by atoms with E-state index in [2.05, 4.69) is 72.7 Å². The van der Waals surface area contributed by atoms with E-state index in [0.29, 0.717) is 11.7 Å². The van der Waals surface area contributed by atoms with E-state index in [1.165, 1.54) is 52.9 Å². The second-order valence-electron chi connectivity index (χ2n) is 10.6. The largest absolute Gasteiger partial charge is 0.508 e. The molecule has 2 N–H and O–H groups in total. The molecule has 0 fully saturated rings. The number of rotatable bonds is 13. The number of likely N-dealkylation sites (N-methyl/N-ethyl adjacent to an activating group) is 1. The van der Waals surface area contributed by atoms with Crippen LogP contribution >= 0.6 is 0 Å². The van der Waals surface area contributed by atoms with Crippen molar-refractivity contribution in [2.75, 3.05) is 39.1 Å². The van der Waals surface area contributed by atoms with Crippen molar-refractivity contribution in [2.24, 2.45) is 0 Å². The summed E-state index contributed by atoms with van der Waals surface area (Å²) in [5.74, 6) is 1.73. The maximum atomic E-state index is 9.83. The Morgan fingerprint density at radius 1 is 0.919 bits per heavy atom. The van der Waals surface area contributed by atoms with Crippen molar-refractivity contribution in [3.63, 3.8) is 0 Å². The van der Waals surface area contributed by atoms with Crippen LogP contribution in [0, 0.1) is 0 Å². The molecule has 1 aliphatic rings. The molecule has 198 valence electrons. The lowest BCUT2D eigenvalue weighted by Gasteiger charge is -2.27. The number of aromatic hydroxyl groups is 1. The van der Waals surface area contributed by atoms with Gasteiger partial charge in [-0.2, -0.15) is 0 Å². The zero-order chi connectivity index (χ0) is 26.0. The van der Waals surface area contributed by atoms with Gasteiger partial charge in [-0.1, -0.05) is 49.7 Å². The minimum absolute atomic E-state index is 0.369. The highest BCUT2D eigenvalue weighted by Gasteiger charge is 2.23. The van der Waals surface area contributed by atoms with Gasteiger partial charge < -0.3 is 20.1 Å². The average Bonchev–Trinajstić information content (AvgIpc) is 2.93. The molecule has 0 saturated carbocycles. The van der Waals surface area contributed by atoms with E-state index in [1.807, 2.05) is 12.1 Å². The average molecular weight is 501 g/mol. The number of ether oxygens (including phenoxy) is 1. The summed E-state index contributed by atoms with van der Waals surface area (Å²) in [6.45, 7) is 5.50. The van der Waals surface area contributed by atoms with Crippen molar-refractivity contribution in [2.45, 2.75) is 64.2 Å². The molecule has 0 heterocycles. The topological polar surface area (TPSA) is 44.7 Å². The Hall–Kier alpha value is -2.98. The summed E-state index contributed by atoms with van der Waals surface area (Å²) in [4.78, 5) is 2.44. The Labute approximate surface area is 223 Å². The van der Waals surface area contributed by atoms with E-state index in [-0.39, 0.29) is 0 Å². The van der Waals surface area contributed by atoms with Crippen LogP contribution in [0.5, 0.6) is 11.5 Å².